The van der Waals surface area contributed by atoms with Crippen LogP contribution in [0.5, 0.6) is 5.75 Å². The summed E-state index contributed by atoms with van der Waals surface area (Å²) in [4.78, 5) is 0. The van der Waals surface area contributed by atoms with E-state index in [4.69, 9.17) is 37.0 Å². The van der Waals surface area contributed by atoms with Gasteiger partial charge in [-0.05, 0) is 25.1 Å². The number of rotatable bonds is 6. The summed E-state index contributed by atoms with van der Waals surface area (Å²) in [6, 6.07) is 4.58. The molecule has 16 heavy (non-hydrogen) atoms. The second-order valence-electron chi connectivity index (χ2n) is 2.63. The molecule has 0 aliphatic heterocycles. The molecule has 1 aromatic rings. The van der Waals surface area contributed by atoms with Gasteiger partial charge in [-0.1, -0.05) is 27.7 Å². The van der Waals surface area contributed by atoms with Gasteiger partial charge in [-0.3, -0.25) is 0 Å². The van der Waals surface area contributed by atoms with Crippen LogP contribution in [-0.4, -0.2) is 13.4 Å². The molecule has 0 aromatic heterocycles. The Balaban J connectivity index is 2.49. The zero-order chi connectivity index (χ0) is 12.0. The van der Waals surface area contributed by atoms with E-state index in [2.05, 4.69) is 0 Å². The van der Waals surface area contributed by atoms with Crippen LogP contribution >= 0.6 is 31.5 Å². The molecule has 0 saturated carbocycles. The molecule has 4 nitrogen and oxygen atoms in total. The first-order chi connectivity index (χ1) is 7.63. The van der Waals surface area contributed by atoms with Crippen molar-refractivity contribution in [2.75, 3.05) is 13.4 Å². The summed E-state index contributed by atoms with van der Waals surface area (Å²) in [7, 11) is -2.30. The van der Waals surface area contributed by atoms with Gasteiger partial charge in [-0.15, -0.1) is 0 Å². The molecular weight excluding hydrogens is 274 g/mol. The first-order valence-corrected chi connectivity index (χ1v) is 6.29. The van der Waals surface area contributed by atoms with Crippen LogP contribution in [0.25, 0.3) is 0 Å². The Morgan fingerprint density at radius 1 is 1.38 bits per heavy atom. The minimum atomic E-state index is -2.30. The van der Waals surface area contributed by atoms with Gasteiger partial charge >= 0.3 is 8.25 Å². The molecule has 7 heteroatoms. The zero-order valence-electron chi connectivity index (χ0n) is 8.48. The van der Waals surface area contributed by atoms with Gasteiger partial charge in [0.25, 0.3) is 0 Å². The molecule has 88 valence electrons. The molecule has 0 bridgehead atoms. The molecule has 1 atom stereocenters. The topological polar surface area (TPSA) is 44.8 Å². The predicted molar refractivity (Wildman–Crippen MR) is 62.3 cm³/mol. The lowest BCUT2D eigenvalue weighted by molar-refractivity contribution is 0.0218. The fourth-order valence-electron chi connectivity index (χ4n) is 0.820. The summed E-state index contributed by atoms with van der Waals surface area (Å²) < 4.78 is 25.8. The third kappa shape index (κ3) is 4.64. The van der Waals surface area contributed by atoms with Gasteiger partial charge < -0.3 is 4.74 Å². The van der Waals surface area contributed by atoms with Crippen molar-refractivity contribution in [1.29, 1.82) is 0 Å². The van der Waals surface area contributed by atoms with Gasteiger partial charge in [-0.25, -0.2) is 4.52 Å². The first-order valence-electron chi connectivity index (χ1n) is 4.44. The SMILES string of the molecule is CCOCO[P+](=O)Oc1ccc(Cl)cc1Cl. The highest BCUT2D eigenvalue weighted by Gasteiger charge is 2.23. The Hall–Kier alpha value is -0.380. The average Bonchev–Trinajstić information content (AvgIpc) is 2.23. The van der Waals surface area contributed by atoms with Crippen LogP contribution in [0.1, 0.15) is 6.92 Å². The van der Waals surface area contributed by atoms with E-state index in [1.165, 1.54) is 12.1 Å². The minimum absolute atomic E-state index is 0.0864. The standard InChI is InChI=1S/C9H10Cl2O4P/c1-2-13-6-14-16(12)15-9-4-3-7(10)5-8(9)11/h3-5H,2,6H2,1H3/q+1. The third-order valence-electron chi connectivity index (χ3n) is 1.51. The van der Waals surface area contributed by atoms with Gasteiger partial charge in [0.2, 0.25) is 12.5 Å². The maximum Gasteiger partial charge on any atom is 0.752 e. The third-order valence-corrected chi connectivity index (χ3v) is 2.70. The Bertz CT molecular complexity index is 373. The largest absolute Gasteiger partial charge is 0.752 e. The van der Waals surface area contributed by atoms with Gasteiger partial charge in [0.15, 0.2) is 0 Å². The van der Waals surface area contributed by atoms with E-state index in [1.54, 1.807) is 13.0 Å². The van der Waals surface area contributed by atoms with Crippen molar-refractivity contribution < 1.29 is 18.3 Å². The van der Waals surface area contributed by atoms with Crippen molar-refractivity contribution in [1.82, 2.24) is 0 Å². The summed E-state index contributed by atoms with van der Waals surface area (Å²) in [5, 5.41) is 0.749. The zero-order valence-corrected chi connectivity index (χ0v) is 10.9. The smallest absolute Gasteiger partial charge is 0.351 e. The van der Waals surface area contributed by atoms with Crippen LogP contribution in [-0.2, 0) is 13.8 Å². The number of hydrogen-bond acceptors (Lipinski definition) is 4. The van der Waals surface area contributed by atoms with Crippen LogP contribution in [0, 0.1) is 0 Å². The molecule has 1 unspecified atom stereocenters. The molecule has 0 aliphatic carbocycles. The maximum atomic E-state index is 11.3. The van der Waals surface area contributed by atoms with Crippen LogP contribution in [0.4, 0.5) is 0 Å². The van der Waals surface area contributed by atoms with Gasteiger partial charge in [0.05, 0.1) is 5.02 Å². The normalized spacial score (nSPS) is 11.3. The van der Waals surface area contributed by atoms with Crippen molar-refractivity contribution in [3.63, 3.8) is 0 Å². The van der Waals surface area contributed by atoms with Gasteiger partial charge in [0, 0.05) is 16.2 Å². The molecule has 0 spiro atoms. The molecule has 0 amide bonds. The van der Waals surface area contributed by atoms with Crippen LogP contribution in [0.3, 0.4) is 0 Å². The fourth-order valence-corrected chi connectivity index (χ4v) is 1.85. The van der Waals surface area contributed by atoms with Crippen LogP contribution < -0.4 is 4.52 Å². The van der Waals surface area contributed by atoms with E-state index in [1.807, 2.05) is 0 Å². The summed E-state index contributed by atoms with van der Waals surface area (Å²) in [6.45, 7) is 2.19. The van der Waals surface area contributed by atoms with Gasteiger partial charge in [0.1, 0.15) is 0 Å². The van der Waals surface area contributed by atoms with Crippen molar-refractivity contribution in [3.05, 3.63) is 28.2 Å². The molecule has 0 saturated heterocycles. The second-order valence-corrected chi connectivity index (χ2v) is 4.36. The van der Waals surface area contributed by atoms with E-state index in [0.717, 1.165) is 0 Å². The van der Waals surface area contributed by atoms with Crippen LogP contribution in [0.15, 0.2) is 18.2 Å². The highest BCUT2D eigenvalue weighted by atomic mass is 35.5. The predicted octanol–water partition coefficient (Wildman–Crippen LogP) is 4.04. The van der Waals surface area contributed by atoms with E-state index in [9.17, 15) is 4.57 Å². The molecule has 0 heterocycles. The van der Waals surface area contributed by atoms with Crippen molar-refractivity contribution in [2.45, 2.75) is 6.92 Å². The second kappa shape index (κ2) is 7.05. The number of benzene rings is 1. The van der Waals surface area contributed by atoms with E-state index in [0.29, 0.717) is 11.6 Å². The quantitative estimate of drug-likeness (QED) is 0.449. The molecule has 1 aromatic carbocycles. The molecule has 0 aliphatic rings. The molecule has 1 rings (SSSR count). The number of halogens is 2. The van der Waals surface area contributed by atoms with E-state index >= 15 is 0 Å². The minimum Gasteiger partial charge on any atom is -0.351 e. The molecule has 0 fully saturated rings. The lowest BCUT2D eigenvalue weighted by atomic mass is 10.3. The lowest BCUT2D eigenvalue weighted by Crippen LogP contribution is -1.95. The molecule has 0 radical (unpaired) electrons. The summed E-state index contributed by atoms with van der Waals surface area (Å²) >= 11 is 11.5. The van der Waals surface area contributed by atoms with Crippen molar-refractivity contribution in [2.24, 2.45) is 0 Å². The van der Waals surface area contributed by atoms with Crippen molar-refractivity contribution in [3.8, 4) is 5.75 Å². The van der Waals surface area contributed by atoms with Crippen LogP contribution in [0.2, 0.25) is 10.0 Å². The Morgan fingerprint density at radius 3 is 2.75 bits per heavy atom. The maximum absolute atomic E-state index is 11.3. The van der Waals surface area contributed by atoms with E-state index in [-0.39, 0.29) is 17.6 Å². The van der Waals surface area contributed by atoms with E-state index < -0.39 is 8.25 Å². The summed E-state index contributed by atoms with van der Waals surface area (Å²) in [5.41, 5.74) is 0. The van der Waals surface area contributed by atoms with Crippen molar-refractivity contribution >= 4 is 31.5 Å². The lowest BCUT2D eigenvalue weighted by Gasteiger charge is -1.97. The monoisotopic (exact) mass is 283 g/mol. The molecular formula is C9H10Cl2O4P+. The Morgan fingerprint density at radius 2 is 2.12 bits per heavy atom. The summed E-state index contributed by atoms with van der Waals surface area (Å²) in [6.07, 6.45) is 0. The highest BCUT2D eigenvalue weighted by Crippen LogP contribution is 2.34. The summed E-state index contributed by atoms with van der Waals surface area (Å²) in [5.74, 6) is 0.253. The first kappa shape index (κ1) is 13.7. The fraction of sp³-hybridized carbons (Fsp3) is 0.333. The number of hydrogen-bond donors (Lipinski definition) is 0. The number of ether oxygens (including phenoxy) is 1. The Kier molecular flexibility index (Phi) is 6.03. The van der Waals surface area contributed by atoms with Gasteiger partial charge in [-0.2, -0.15) is 0 Å². The molecule has 0 N–H and O–H groups in total. The average molecular weight is 284 g/mol. The highest BCUT2D eigenvalue weighted by molar-refractivity contribution is 7.33. The Labute approximate surface area is 104 Å².